The highest BCUT2D eigenvalue weighted by atomic mass is 79.9. The standard InChI is InChI=1S/C16H18BrNO4S/c1-21-15-6-4-3-5-12(15)9-10-18-23(19,20)13-7-8-16(22-2)14(17)11-13/h3-8,11,18H,9-10H2,1-2H3. The Kier molecular flexibility index (Phi) is 6.04. The fraction of sp³-hybridized carbons (Fsp3) is 0.250. The van der Waals surface area contributed by atoms with Gasteiger partial charge in [0.1, 0.15) is 11.5 Å². The number of nitrogens with one attached hydrogen (secondary N) is 1. The van der Waals surface area contributed by atoms with Crippen molar-refractivity contribution in [3.05, 3.63) is 52.5 Å². The second-order valence-corrected chi connectivity index (χ2v) is 7.38. The van der Waals surface area contributed by atoms with E-state index in [1.807, 2.05) is 24.3 Å². The van der Waals surface area contributed by atoms with E-state index in [2.05, 4.69) is 20.7 Å². The van der Waals surface area contributed by atoms with E-state index >= 15 is 0 Å². The van der Waals surface area contributed by atoms with Gasteiger partial charge in [0.05, 0.1) is 23.6 Å². The van der Waals surface area contributed by atoms with Crippen molar-refractivity contribution in [3.63, 3.8) is 0 Å². The Morgan fingerprint density at radius 3 is 2.39 bits per heavy atom. The maximum atomic E-state index is 12.3. The quantitative estimate of drug-likeness (QED) is 0.776. The maximum Gasteiger partial charge on any atom is 0.240 e. The van der Waals surface area contributed by atoms with Crippen molar-refractivity contribution in [2.75, 3.05) is 20.8 Å². The van der Waals surface area contributed by atoms with Gasteiger partial charge in [-0.3, -0.25) is 0 Å². The van der Waals surface area contributed by atoms with Crippen molar-refractivity contribution in [2.45, 2.75) is 11.3 Å². The Morgan fingerprint density at radius 1 is 1.04 bits per heavy atom. The normalized spacial score (nSPS) is 11.3. The van der Waals surface area contributed by atoms with Gasteiger partial charge in [-0.1, -0.05) is 18.2 Å². The molecule has 0 aliphatic heterocycles. The van der Waals surface area contributed by atoms with Crippen LogP contribution in [0.1, 0.15) is 5.56 Å². The first kappa shape index (κ1) is 17.8. The molecule has 0 atom stereocenters. The third-order valence-electron chi connectivity index (χ3n) is 3.31. The predicted octanol–water partition coefficient (Wildman–Crippen LogP) is 2.99. The highest BCUT2D eigenvalue weighted by Gasteiger charge is 2.15. The summed E-state index contributed by atoms with van der Waals surface area (Å²) in [6, 6.07) is 12.2. The van der Waals surface area contributed by atoms with Crippen LogP contribution in [0.4, 0.5) is 0 Å². The smallest absolute Gasteiger partial charge is 0.240 e. The number of para-hydroxylation sites is 1. The molecule has 0 amide bonds. The van der Waals surface area contributed by atoms with Crippen LogP contribution in [0.3, 0.4) is 0 Å². The summed E-state index contributed by atoms with van der Waals surface area (Å²) in [7, 11) is -0.451. The van der Waals surface area contributed by atoms with E-state index < -0.39 is 10.0 Å². The summed E-state index contributed by atoms with van der Waals surface area (Å²) in [6.07, 6.45) is 0.542. The molecule has 0 saturated heterocycles. The van der Waals surface area contributed by atoms with Crippen LogP contribution < -0.4 is 14.2 Å². The minimum atomic E-state index is -3.57. The molecule has 2 aromatic carbocycles. The van der Waals surface area contributed by atoms with E-state index in [4.69, 9.17) is 9.47 Å². The van der Waals surface area contributed by atoms with Crippen molar-refractivity contribution >= 4 is 26.0 Å². The fourth-order valence-corrected chi connectivity index (χ4v) is 3.88. The number of rotatable bonds is 7. The molecule has 0 spiro atoms. The molecule has 2 rings (SSSR count). The number of benzene rings is 2. The van der Waals surface area contributed by atoms with Gasteiger partial charge in [0.15, 0.2) is 0 Å². The molecule has 124 valence electrons. The van der Waals surface area contributed by atoms with Gasteiger partial charge in [-0.05, 0) is 52.2 Å². The van der Waals surface area contributed by atoms with Gasteiger partial charge in [0.2, 0.25) is 10.0 Å². The lowest BCUT2D eigenvalue weighted by atomic mass is 10.1. The highest BCUT2D eigenvalue weighted by molar-refractivity contribution is 9.10. The molecule has 23 heavy (non-hydrogen) atoms. The minimum absolute atomic E-state index is 0.185. The molecule has 0 unspecified atom stereocenters. The summed E-state index contributed by atoms with van der Waals surface area (Å²) in [5.74, 6) is 1.33. The van der Waals surface area contributed by atoms with Crippen LogP contribution in [0.25, 0.3) is 0 Å². The molecule has 0 aromatic heterocycles. The number of halogens is 1. The molecule has 0 aliphatic rings. The van der Waals surface area contributed by atoms with Gasteiger partial charge in [-0.15, -0.1) is 0 Å². The lowest BCUT2D eigenvalue weighted by Crippen LogP contribution is -2.26. The molecular weight excluding hydrogens is 382 g/mol. The van der Waals surface area contributed by atoms with Crippen LogP contribution in [-0.4, -0.2) is 29.2 Å². The van der Waals surface area contributed by atoms with E-state index in [0.717, 1.165) is 11.3 Å². The number of ether oxygens (including phenoxy) is 2. The van der Waals surface area contributed by atoms with Gasteiger partial charge in [0.25, 0.3) is 0 Å². The van der Waals surface area contributed by atoms with E-state index in [0.29, 0.717) is 16.6 Å². The van der Waals surface area contributed by atoms with Gasteiger partial charge >= 0.3 is 0 Å². The van der Waals surface area contributed by atoms with Crippen LogP contribution in [0.15, 0.2) is 51.8 Å². The molecule has 0 saturated carbocycles. The van der Waals surface area contributed by atoms with Crippen LogP contribution >= 0.6 is 15.9 Å². The second kappa shape index (κ2) is 7.81. The molecule has 1 N–H and O–H groups in total. The van der Waals surface area contributed by atoms with Crippen LogP contribution in [0, 0.1) is 0 Å². The Hall–Kier alpha value is -1.57. The Balaban J connectivity index is 2.06. The fourth-order valence-electron chi connectivity index (χ4n) is 2.13. The average molecular weight is 400 g/mol. The van der Waals surface area contributed by atoms with Crippen LogP contribution in [-0.2, 0) is 16.4 Å². The Morgan fingerprint density at radius 2 is 1.74 bits per heavy atom. The molecule has 0 aliphatic carbocycles. The van der Waals surface area contributed by atoms with Crippen LogP contribution in [0.2, 0.25) is 0 Å². The van der Waals surface area contributed by atoms with Crippen molar-refractivity contribution in [3.8, 4) is 11.5 Å². The highest BCUT2D eigenvalue weighted by Crippen LogP contribution is 2.27. The Bertz CT molecular complexity index is 777. The second-order valence-electron chi connectivity index (χ2n) is 4.76. The summed E-state index contributed by atoms with van der Waals surface area (Å²) in [6.45, 7) is 0.284. The molecule has 0 bridgehead atoms. The van der Waals surface area contributed by atoms with Crippen molar-refractivity contribution in [2.24, 2.45) is 0 Å². The molecule has 0 radical (unpaired) electrons. The van der Waals surface area contributed by atoms with E-state index in [1.54, 1.807) is 13.2 Å². The minimum Gasteiger partial charge on any atom is -0.496 e. The van der Waals surface area contributed by atoms with Gasteiger partial charge < -0.3 is 9.47 Å². The van der Waals surface area contributed by atoms with E-state index in [1.165, 1.54) is 19.2 Å². The SMILES string of the molecule is COc1ccc(S(=O)(=O)NCCc2ccccc2OC)cc1Br. The van der Waals surface area contributed by atoms with Gasteiger partial charge in [-0.2, -0.15) is 0 Å². The first-order valence-electron chi connectivity index (χ1n) is 6.93. The number of sulfonamides is 1. The summed E-state index contributed by atoms with van der Waals surface area (Å²) in [5, 5.41) is 0. The van der Waals surface area contributed by atoms with Crippen molar-refractivity contribution < 1.29 is 17.9 Å². The zero-order valence-corrected chi connectivity index (χ0v) is 15.3. The van der Waals surface area contributed by atoms with E-state index in [9.17, 15) is 8.42 Å². The van der Waals surface area contributed by atoms with Gasteiger partial charge in [-0.25, -0.2) is 13.1 Å². The zero-order valence-electron chi connectivity index (χ0n) is 12.9. The lowest BCUT2D eigenvalue weighted by Gasteiger charge is -2.10. The molecule has 2 aromatic rings. The predicted molar refractivity (Wildman–Crippen MR) is 92.6 cm³/mol. The number of hydrogen-bond donors (Lipinski definition) is 1. The molecule has 0 fully saturated rings. The molecular formula is C16H18BrNO4S. The molecule has 0 heterocycles. The lowest BCUT2D eigenvalue weighted by molar-refractivity contribution is 0.409. The van der Waals surface area contributed by atoms with Crippen molar-refractivity contribution in [1.82, 2.24) is 4.72 Å². The number of methoxy groups -OCH3 is 2. The third-order valence-corrected chi connectivity index (χ3v) is 5.39. The summed E-state index contributed by atoms with van der Waals surface area (Å²) >= 11 is 3.29. The average Bonchev–Trinajstić information content (AvgIpc) is 2.55. The summed E-state index contributed by atoms with van der Waals surface area (Å²) < 4.78 is 38.2. The van der Waals surface area contributed by atoms with Crippen LogP contribution in [0.5, 0.6) is 11.5 Å². The molecule has 7 heteroatoms. The topological polar surface area (TPSA) is 64.6 Å². The molecule has 5 nitrogen and oxygen atoms in total. The summed E-state index contributed by atoms with van der Waals surface area (Å²) in [5.41, 5.74) is 0.952. The largest absolute Gasteiger partial charge is 0.496 e. The first-order chi connectivity index (χ1) is 11.0. The zero-order chi connectivity index (χ0) is 16.9. The van der Waals surface area contributed by atoms with E-state index in [-0.39, 0.29) is 11.4 Å². The monoisotopic (exact) mass is 399 g/mol. The number of hydrogen-bond acceptors (Lipinski definition) is 4. The first-order valence-corrected chi connectivity index (χ1v) is 9.20. The summed E-state index contributed by atoms with van der Waals surface area (Å²) in [4.78, 5) is 0.185. The van der Waals surface area contributed by atoms with Crippen molar-refractivity contribution in [1.29, 1.82) is 0 Å². The van der Waals surface area contributed by atoms with Gasteiger partial charge in [0, 0.05) is 6.54 Å². The third kappa shape index (κ3) is 4.46. The maximum absolute atomic E-state index is 12.3. The Labute approximate surface area is 144 Å².